The molecule has 0 aliphatic heterocycles. The van der Waals surface area contributed by atoms with Crippen LogP contribution >= 0.6 is 15.9 Å². The maximum Gasteiger partial charge on any atom is 0.262 e. The zero-order chi connectivity index (χ0) is 21.2. The highest BCUT2D eigenvalue weighted by Gasteiger charge is 2.17. The van der Waals surface area contributed by atoms with Crippen LogP contribution in [-0.2, 0) is 10.0 Å². The molecule has 0 aliphatic rings. The number of hydrogen-bond acceptors (Lipinski definition) is 3. The van der Waals surface area contributed by atoms with Gasteiger partial charge in [-0.3, -0.25) is 9.52 Å². The molecule has 0 saturated carbocycles. The van der Waals surface area contributed by atoms with Crippen LogP contribution in [0.1, 0.15) is 21.5 Å². The molecule has 2 N–H and O–H groups in total. The van der Waals surface area contributed by atoms with E-state index in [0.717, 1.165) is 5.56 Å². The molecule has 8 heteroatoms. The van der Waals surface area contributed by atoms with E-state index in [1.807, 2.05) is 13.0 Å². The summed E-state index contributed by atoms with van der Waals surface area (Å²) >= 11 is 3.16. The molecule has 3 aromatic rings. The van der Waals surface area contributed by atoms with Gasteiger partial charge in [-0.2, -0.15) is 0 Å². The molecule has 0 spiro atoms. The molecule has 0 heterocycles. The number of aryl methyl sites for hydroxylation is 2. The van der Waals surface area contributed by atoms with Crippen LogP contribution in [0.4, 0.5) is 15.8 Å². The molecule has 5 nitrogen and oxygen atoms in total. The number of amides is 1. The number of carbonyl (C=O) groups is 1. The van der Waals surface area contributed by atoms with Gasteiger partial charge in [-0.15, -0.1) is 0 Å². The standard InChI is InChI=1S/C21H18BrFN2O3S/c1-13-3-4-14(2)20(11-13)29(27,28)25-17-8-5-15(6-9-17)21(26)24-19-10-7-16(22)12-18(19)23/h3-12,25H,1-2H3,(H,24,26). The average molecular weight is 477 g/mol. The summed E-state index contributed by atoms with van der Waals surface area (Å²) in [6, 6.07) is 15.4. The Kier molecular flexibility index (Phi) is 6.04. The van der Waals surface area contributed by atoms with Crippen molar-refractivity contribution >= 4 is 43.2 Å². The van der Waals surface area contributed by atoms with Gasteiger partial charge in [0.25, 0.3) is 15.9 Å². The number of carbonyl (C=O) groups excluding carboxylic acids is 1. The van der Waals surface area contributed by atoms with Crippen LogP contribution in [0.2, 0.25) is 0 Å². The van der Waals surface area contributed by atoms with Gasteiger partial charge in [-0.25, -0.2) is 12.8 Å². The van der Waals surface area contributed by atoms with Crippen LogP contribution in [0.15, 0.2) is 70.0 Å². The lowest BCUT2D eigenvalue weighted by molar-refractivity contribution is 0.102. The Morgan fingerprint density at radius 2 is 1.66 bits per heavy atom. The molecule has 0 atom stereocenters. The summed E-state index contributed by atoms with van der Waals surface area (Å²) in [6.07, 6.45) is 0. The van der Waals surface area contributed by atoms with Gasteiger partial charge in [0.15, 0.2) is 0 Å². The van der Waals surface area contributed by atoms with Gasteiger partial charge >= 0.3 is 0 Å². The summed E-state index contributed by atoms with van der Waals surface area (Å²) < 4.78 is 42.3. The van der Waals surface area contributed by atoms with Crippen LogP contribution in [0.3, 0.4) is 0 Å². The van der Waals surface area contributed by atoms with E-state index in [-0.39, 0.29) is 16.1 Å². The normalized spacial score (nSPS) is 11.2. The highest BCUT2D eigenvalue weighted by Crippen LogP contribution is 2.22. The van der Waals surface area contributed by atoms with Gasteiger partial charge in [0, 0.05) is 15.7 Å². The van der Waals surface area contributed by atoms with Crippen molar-refractivity contribution in [2.45, 2.75) is 18.7 Å². The molecule has 29 heavy (non-hydrogen) atoms. The average Bonchev–Trinajstić information content (AvgIpc) is 2.66. The molecule has 1 amide bonds. The Labute approximate surface area is 177 Å². The minimum atomic E-state index is -3.76. The largest absolute Gasteiger partial charge is 0.319 e. The summed E-state index contributed by atoms with van der Waals surface area (Å²) in [5.74, 6) is -1.07. The first-order valence-electron chi connectivity index (χ1n) is 8.62. The van der Waals surface area contributed by atoms with Crippen LogP contribution in [0.5, 0.6) is 0 Å². The fourth-order valence-corrected chi connectivity index (χ4v) is 4.40. The van der Waals surface area contributed by atoms with E-state index in [1.54, 1.807) is 25.1 Å². The van der Waals surface area contributed by atoms with E-state index in [9.17, 15) is 17.6 Å². The molecule has 150 valence electrons. The van der Waals surface area contributed by atoms with E-state index < -0.39 is 21.7 Å². The summed E-state index contributed by atoms with van der Waals surface area (Å²) in [6.45, 7) is 3.54. The lowest BCUT2D eigenvalue weighted by Gasteiger charge is -2.12. The Morgan fingerprint density at radius 1 is 0.966 bits per heavy atom. The number of halogens is 2. The van der Waals surface area contributed by atoms with E-state index in [2.05, 4.69) is 26.0 Å². The second-order valence-corrected chi connectivity index (χ2v) is 9.10. The number of anilines is 2. The van der Waals surface area contributed by atoms with E-state index in [0.29, 0.717) is 15.7 Å². The van der Waals surface area contributed by atoms with E-state index >= 15 is 0 Å². The fourth-order valence-electron chi connectivity index (χ4n) is 2.68. The molecule has 3 aromatic carbocycles. The monoisotopic (exact) mass is 476 g/mol. The molecular formula is C21H18BrFN2O3S. The highest BCUT2D eigenvalue weighted by molar-refractivity contribution is 9.10. The van der Waals surface area contributed by atoms with Gasteiger partial charge in [0.05, 0.1) is 10.6 Å². The van der Waals surface area contributed by atoms with Crippen molar-refractivity contribution in [3.8, 4) is 0 Å². The molecule has 3 rings (SSSR count). The van der Waals surface area contributed by atoms with Gasteiger partial charge in [0.1, 0.15) is 5.82 Å². The van der Waals surface area contributed by atoms with Gasteiger partial charge in [-0.1, -0.05) is 28.1 Å². The highest BCUT2D eigenvalue weighted by atomic mass is 79.9. The van der Waals surface area contributed by atoms with Crippen LogP contribution in [0.25, 0.3) is 0 Å². The van der Waals surface area contributed by atoms with Crippen molar-refractivity contribution in [2.75, 3.05) is 10.0 Å². The summed E-state index contributed by atoms with van der Waals surface area (Å²) in [5.41, 5.74) is 2.11. The minimum absolute atomic E-state index is 0.0536. The van der Waals surface area contributed by atoms with Gasteiger partial charge in [0.2, 0.25) is 0 Å². The first-order chi connectivity index (χ1) is 13.7. The molecule has 0 bridgehead atoms. The molecule has 0 unspecified atom stereocenters. The number of benzene rings is 3. The molecule has 0 saturated heterocycles. The topological polar surface area (TPSA) is 75.3 Å². The van der Waals surface area contributed by atoms with Crippen molar-refractivity contribution in [2.24, 2.45) is 0 Å². The Morgan fingerprint density at radius 3 is 2.31 bits per heavy atom. The van der Waals surface area contributed by atoms with E-state index in [1.165, 1.54) is 36.4 Å². The minimum Gasteiger partial charge on any atom is -0.319 e. The third kappa shape index (κ3) is 5.02. The third-order valence-corrected chi connectivity index (χ3v) is 6.23. The first kappa shape index (κ1) is 21.0. The predicted molar refractivity (Wildman–Crippen MR) is 115 cm³/mol. The summed E-state index contributed by atoms with van der Waals surface area (Å²) in [4.78, 5) is 12.5. The summed E-state index contributed by atoms with van der Waals surface area (Å²) in [5, 5.41) is 2.49. The molecule has 0 radical (unpaired) electrons. The van der Waals surface area contributed by atoms with Crippen LogP contribution in [0, 0.1) is 19.7 Å². The van der Waals surface area contributed by atoms with Crippen molar-refractivity contribution in [3.05, 3.63) is 87.6 Å². The SMILES string of the molecule is Cc1ccc(C)c(S(=O)(=O)Nc2ccc(C(=O)Nc3ccc(Br)cc3F)cc2)c1. The summed E-state index contributed by atoms with van der Waals surface area (Å²) in [7, 11) is -3.76. The Bertz CT molecular complexity index is 1180. The lowest BCUT2D eigenvalue weighted by Crippen LogP contribution is -2.15. The number of rotatable bonds is 5. The predicted octanol–water partition coefficient (Wildman–Crippen LogP) is 5.26. The molecule has 0 aliphatic carbocycles. The maximum atomic E-state index is 13.9. The maximum absolute atomic E-state index is 13.9. The molecular weight excluding hydrogens is 459 g/mol. The second kappa shape index (κ2) is 8.34. The second-order valence-electron chi connectivity index (χ2n) is 6.53. The Balaban J connectivity index is 1.76. The van der Waals surface area contributed by atoms with Crippen molar-refractivity contribution < 1.29 is 17.6 Å². The number of nitrogens with one attached hydrogen (secondary N) is 2. The van der Waals surface area contributed by atoms with Crippen molar-refractivity contribution in [1.82, 2.24) is 0 Å². The van der Waals surface area contributed by atoms with Gasteiger partial charge < -0.3 is 5.32 Å². The molecule has 0 aromatic heterocycles. The fraction of sp³-hybridized carbons (Fsp3) is 0.0952. The number of sulfonamides is 1. The smallest absolute Gasteiger partial charge is 0.262 e. The van der Waals surface area contributed by atoms with Crippen LogP contribution < -0.4 is 10.0 Å². The third-order valence-electron chi connectivity index (χ3n) is 4.21. The number of hydrogen-bond donors (Lipinski definition) is 2. The Hall–Kier alpha value is -2.71. The van der Waals surface area contributed by atoms with Crippen molar-refractivity contribution in [3.63, 3.8) is 0 Å². The zero-order valence-electron chi connectivity index (χ0n) is 15.7. The first-order valence-corrected chi connectivity index (χ1v) is 10.9. The quantitative estimate of drug-likeness (QED) is 0.527. The van der Waals surface area contributed by atoms with Crippen LogP contribution in [-0.4, -0.2) is 14.3 Å². The van der Waals surface area contributed by atoms with Gasteiger partial charge in [-0.05, 0) is 73.5 Å². The zero-order valence-corrected chi connectivity index (χ0v) is 18.1. The van der Waals surface area contributed by atoms with E-state index in [4.69, 9.17) is 0 Å². The lowest BCUT2D eigenvalue weighted by atomic mass is 10.2. The molecule has 0 fully saturated rings. The van der Waals surface area contributed by atoms with Crippen molar-refractivity contribution in [1.29, 1.82) is 0 Å².